The Balaban J connectivity index is 2.02. The molecule has 0 atom stereocenters. The van der Waals surface area contributed by atoms with Crippen molar-refractivity contribution < 1.29 is 4.39 Å². The van der Waals surface area contributed by atoms with Crippen molar-refractivity contribution in [3.8, 4) is 0 Å². The maximum atomic E-state index is 13.1. The van der Waals surface area contributed by atoms with Crippen molar-refractivity contribution in [3.05, 3.63) is 35.9 Å². The number of nitrogens with zero attached hydrogens (tertiary/aromatic N) is 2. The molecule has 1 heterocycles. The highest BCUT2D eigenvalue weighted by Crippen LogP contribution is 2.20. The summed E-state index contributed by atoms with van der Waals surface area (Å²) in [5.74, 6) is 0.248. The van der Waals surface area contributed by atoms with E-state index in [1.54, 1.807) is 12.1 Å². The number of anilines is 1. The van der Waals surface area contributed by atoms with Gasteiger partial charge >= 0.3 is 0 Å². The number of H-pyrrole nitrogens is 1. The summed E-state index contributed by atoms with van der Waals surface area (Å²) in [5, 5.41) is 7.15. The molecule has 0 spiro atoms. The van der Waals surface area contributed by atoms with Crippen molar-refractivity contribution in [2.75, 3.05) is 5.73 Å². The number of nitrogens with two attached hydrogens (primary N) is 1. The van der Waals surface area contributed by atoms with Crippen LogP contribution in [0.5, 0.6) is 0 Å². The molecule has 0 radical (unpaired) electrons. The number of aromatic amines is 1. The van der Waals surface area contributed by atoms with E-state index in [4.69, 9.17) is 5.73 Å². The zero-order valence-electron chi connectivity index (χ0n) is 7.77. The molecule has 3 N–H and O–H groups in total. The monoisotopic (exact) mass is 224 g/mol. The third kappa shape index (κ3) is 2.47. The van der Waals surface area contributed by atoms with Gasteiger partial charge in [-0.2, -0.15) is 5.10 Å². The number of thioether (sulfide) groups is 1. The van der Waals surface area contributed by atoms with Crippen molar-refractivity contribution in [3.63, 3.8) is 0 Å². The molecule has 15 heavy (non-hydrogen) atoms. The number of nitrogens with one attached hydrogen (secondary N) is 1. The van der Waals surface area contributed by atoms with E-state index in [1.165, 1.54) is 24.2 Å². The van der Waals surface area contributed by atoms with Crippen molar-refractivity contribution in [1.29, 1.82) is 0 Å². The minimum Gasteiger partial charge on any atom is -0.396 e. The van der Waals surface area contributed by atoms with Crippen LogP contribution in [0.3, 0.4) is 0 Å². The molecular weight excluding hydrogens is 215 g/mol. The first-order chi connectivity index (χ1) is 7.25. The number of benzene rings is 1. The molecule has 0 bridgehead atoms. The first-order valence-electron chi connectivity index (χ1n) is 4.28. The van der Waals surface area contributed by atoms with Crippen molar-refractivity contribution in [2.45, 2.75) is 10.9 Å². The molecule has 0 saturated carbocycles. The highest BCUT2D eigenvalue weighted by Gasteiger charge is 2.02. The van der Waals surface area contributed by atoms with Crippen molar-refractivity contribution in [1.82, 2.24) is 15.2 Å². The van der Waals surface area contributed by atoms with Crippen LogP contribution in [0.4, 0.5) is 10.1 Å². The van der Waals surface area contributed by atoms with Gasteiger partial charge in [-0.25, -0.2) is 9.37 Å². The summed E-state index contributed by atoms with van der Waals surface area (Å²) in [4.78, 5) is 3.95. The Hall–Kier alpha value is -1.56. The fourth-order valence-electron chi connectivity index (χ4n) is 1.08. The number of aromatic nitrogens is 3. The molecule has 4 nitrogen and oxygen atoms in total. The van der Waals surface area contributed by atoms with Crippen LogP contribution >= 0.6 is 11.8 Å². The zero-order chi connectivity index (χ0) is 10.7. The highest BCUT2D eigenvalue weighted by atomic mass is 32.2. The molecule has 78 valence electrons. The molecule has 6 heteroatoms. The maximum Gasteiger partial charge on any atom is 0.183 e. The summed E-state index contributed by atoms with van der Waals surface area (Å²) in [6.45, 7) is 0. The lowest BCUT2D eigenvalue weighted by atomic mass is 10.2. The van der Waals surface area contributed by atoms with Gasteiger partial charge in [0.05, 0.1) is 5.69 Å². The van der Waals surface area contributed by atoms with Gasteiger partial charge in [0.1, 0.15) is 12.1 Å². The van der Waals surface area contributed by atoms with E-state index < -0.39 is 0 Å². The number of hydrogen-bond acceptors (Lipinski definition) is 4. The van der Waals surface area contributed by atoms with Gasteiger partial charge in [-0.15, -0.1) is 0 Å². The van der Waals surface area contributed by atoms with Crippen molar-refractivity contribution >= 4 is 17.4 Å². The standard InChI is InChI=1S/C9H9FN4S/c10-7-3-6(1-2-8(7)11)4-15-9-12-5-13-14-9/h1-3,5H,4,11H2,(H,12,13,14). The zero-order valence-corrected chi connectivity index (χ0v) is 8.59. The van der Waals surface area contributed by atoms with Gasteiger partial charge in [0, 0.05) is 5.75 Å². The minimum absolute atomic E-state index is 0.170. The van der Waals surface area contributed by atoms with E-state index in [2.05, 4.69) is 15.2 Å². The second-order valence-electron chi connectivity index (χ2n) is 2.94. The van der Waals surface area contributed by atoms with E-state index in [9.17, 15) is 4.39 Å². The second-order valence-corrected chi connectivity index (χ2v) is 3.90. The average molecular weight is 224 g/mol. The molecular formula is C9H9FN4S. The number of nitrogen functional groups attached to an aromatic ring is 1. The predicted octanol–water partition coefficient (Wildman–Crippen LogP) is 1.82. The van der Waals surface area contributed by atoms with Gasteiger partial charge in [0.2, 0.25) is 0 Å². The van der Waals surface area contributed by atoms with Crippen LogP contribution in [0.15, 0.2) is 29.7 Å². The van der Waals surface area contributed by atoms with E-state index in [1.807, 2.05) is 0 Å². The minimum atomic E-state index is -0.384. The first kappa shape index (κ1) is 9.97. The summed E-state index contributed by atoms with van der Waals surface area (Å²) in [7, 11) is 0. The van der Waals surface area contributed by atoms with Crippen LogP contribution in [0.25, 0.3) is 0 Å². The summed E-state index contributed by atoms with van der Waals surface area (Å²) < 4.78 is 13.1. The van der Waals surface area contributed by atoms with Gasteiger partial charge in [-0.3, -0.25) is 5.10 Å². The maximum absolute atomic E-state index is 13.1. The highest BCUT2D eigenvalue weighted by molar-refractivity contribution is 7.98. The summed E-state index contributed by atoms with van der Waals surface area (Å²) in [6.07, 6.45) is 1.44. The SMILES string of the molecule is Nc1ccc(CSc2ncn[nH]2)cc1F. The Morgan fingerprint density at radius 1 is 1.47 bits per heavy atom. The van der Waals surface area contributed by atoms with E-state index in [0.717, 1.165) is 5.56 Å². The lowest BCUT2D eigenvalue weighted by Crippen LogP contribution is -1.91. The number of rotatable bonds is 3. The molecule has 0 saturated heterocycles. The van der Waals surface area contributed by atoms with Crippen LogP contribution in [0, 0.1) is 5.82 Å². The van der Waals surface area contributed by atoms with Gasteiger partial charge in [0.25, 0.3) is 0 Å². The van der Waals surface area contributed by atoms with E-state index in [0.29, 0.717) is 10.9 Å². The third-order valence-corrected chi connectivity index (χ3v) is 2.78. The third-order valence-electron chi connectivity index (χ3n) is 1.83. The molecule has 0 amide bonds. The summed E-state index contributed by atoms with van der Waals surface area (Å²) >= 11 is 1.46. The van der Waals surface area contributed by atoms with Gasteiger partial charge in [-0.05, 0) is 17.7 Å². The van der Waals surface area contributed by atoms with Gasteiger partial charge < -0.3 is 5.73 Å². The fourth-order valence-corrected chi connectivity index (χ4v) is 1.80. The predicted molar refractivity (Wildman–Crippen MR) is 56.8 cm³/mol. The molecule has 0 fully saturated rings. The van der Waals surface area contributed by atoms with Gasteiger partial charge in [0.15, 0.2) is 5.16 Å². The van der Waals surface area contributed by atoms with Crippen LogP contribution in [0.1, 0.15) is 5.56 Å². The normalized spacial score (nSPS) is 10.5. The summed E-state index contributed by atoms with van der Waals surface area (Å²) in [6, 6.07) is 4.78. The molecule has 1 aromatic heterocycles. The Morgan fingerprint density at radius 2 is 2.33 bits per heavy atom. The Bertz CT molecular complexity index is 443. The van der Waals surface area contributed by atoms with Crippen LogP contribution < -0.4 is 5.73 Å². The van der Waals surface area contributed by atoms with E-state index in [-0.39, 0.29) is 11.5 Å². The summed E-state index contributed by atoms with van der Waals surface area (Å²) in [5.41, 5.74) is 6.40. The molecule has 0 aliphatic carbocycles. The number of hydrogen-bond donors (Lipinski definition) is 2. The lowest BCUT2D eigenvalue weighted by molar-refractivity contribution is 0.631. The first-order valence-corrected chi connectivity index (χ1v) is 5.26. The molecule has 0 aliphatic heterocycles. The Morgan fingerprint density at radius 3 is 3.00 bits per heavy atom. The van der Waals surface area contributed by atoms with Crippen LogP contribution in [0.2, 0.25) is 0 Å². The van der Waals surface area contributed by atoms with E-state index >= 15 is 0 Å². The quantitative estimate of drug-likeness (QED) is 0.616. The van der Waals surface area contributed by atoms with Crippen LogP contribution in [-0.2, 0) is 5.75 Å². The Kier molecular flexibility index (Phi) is 2.86. The van der Waals surface area contributed by atoms with Gasteiger partial charge in [-0.1, -0.05) is 17.8 Å². The molecule has 0 unspecified atom stereocenters. The topological polar surface area (TPSA) is 67.6 Å². The smallest absolute Gasteiger partial charge is 0.183 e. The molecule has 0 aliphatic rings. The molecule has 2 aromatic rings. The Labute approximate surface area is 90.1 Å². The fraction of sp³-hybridized carbons (Fsp3) is 0.111. The van der Waals surface area contributed by atoms with Crippen molar-refractivity contribution in [2.24, 2.45) is 0 Å². The largest absolute Gasteiger partial charge is 0.396 e. The second kappa shape index (κ2) is 4.31. The number of halogens is 1. The molecule has 1 aromatic carbocycles. The van der Waals surface area contributed by atoms with Crippen LogP contribution in [-0.4, -0.2) is 15.2 Å². The lowest BCUT2D eigenvalue weighted by Gasteiger charge is -2.01. The molecule has 2 rings (SSSR count). The average Bonchev–Trinajstić information content (AvgIpc) is 2.73.